The van der Waals surface area contributed by atoms with Crippen molar-refractivity contribution in [2.75, 3.05) is 5.32 Å². The first-order valence-corrected chi connectivity index (χ1v) is 8.67. The summed E-state index contributed by atoms with van der Waals surface area (Å²) in [6.45, 7) is 1.90. The zero-order valence-electron chi connectivity index (χ0n) is 11.6. The number of aryl methyl sites for hydroxylation is 1. The summed E-state index contributed by atoms with van der Waals surface area (Å²) >= 11 is 1.47. The van der Waals surface area contributed by atoms with Crippen molar-refractivity contribution < 1.29 is 8.42 Å². The number of primary sulfonamides is 1. The molecule has 9 heteroatoms. The number of rotatable bonds is 4. The Balaban J connectivity index is 1.90. The number of thiazole rings is 1. The van der Waals surface area contributed by atoms with Gasteiger partial charge in [-0.15, -0.1) is 0 Å². The molecule has 4 N–H and O–H groups in total. The van der Waals surface area contributed by atoms with Crippen molar-refractivity contribution in [2.45, 2.75) is 11.8 Å². The number of aromatic nitrogens is 3. The minimum absolute atomic E-state index is 0.0919. The van der Waals surface area contributed by atoms with E-state index in [-0.39, 0.29) is 4.90 Å². The van der Waals surface area contributed by atoms with Crippen LogP contribution in [0.3, 0.4) is 0 Å². The molecule has 0 unspecified atom stereocenters. The van der Waals surface area contributed by atoms with Crippen LogP contribution in [-0.2, 0) is 10.0 Å². The lowest BCUT2D eigenvalue weighted by atomic mass is 10.2. The van der Waals surface area contributed by atoms with E-state index < -0.39 is 10.0 Å². The summed E-state index contributed by atoms with van der Waals surface area (Å²) in [5.74, 6) is 0.755. The first-order chi connectivity index (χ1) is 10.4. The Labute approximate surface area is 131 Å². The van der Waals surface area contributed by atoms with Crippen LogP contribution in [0.25, 0.3) is 10.4 Å². The van der Waals surface area contributed by atoms with E-state index in [2.05, 4.69) is 20.5 Å². The van der Waals surface area contributed by atoms with E-state index in [4.69, 9.17) is 5.14 Å². The number of nitrogens with one attached hydrogen (secondary N) is 2. The molecule has 3 rings (SSSR count). The molecular weight excluding hydrogens is 322 g/mol. The number of anilines is 2. The second-order valence-electron chi connectivity index (χ2n) is 4.60. The zero-order chi connectivity index (χ0) is 15.7. The smallest absolute Gasteiger partial charge is 0.238 e. The van der Waals surface area contributed by atoms with Crippen LogP contribution in [-0.4, -0.2) is 23.6 Å². The van der Waals surface area contributed by atoms with E-state index >= 15 is 0 Å². The standard InChI is InChI=1S/C13H13N5O2S2/c1-8-12(9-2-4-10(5-3-9)22(14,19)20)21-13(16-8)17-11-6-7-15-18-11/h2-7H,1H3,(H2,14,19,20)(H2,15,16,17,18). The minimum atomic E-state index is -3.68. The van der Waals surface area contributed by atoms with E-state index in [1.54, 1.807) is 24.4 Å². The maximum absolute atomic E-state index is 11.3. The fourth-order valence-electron chi connectivity index (χ4n) is 1.95. The summed E-state index contributed by atoms with van der Waals surface area (Å²) in [5, 5.41) is 15.6. The van der Waals surface area contributed by atoms with Gasteiger partial charge < -0.3 is 5.32 Å². The van der Waals surface area contributed by atoms with Crippen molar-refractivity contribution in [1.29, 1.82) is 0 Å². The molecule has 0 bridgehead atoms. The van der Waals surface area contributed by atoms with Gasteiger partial charge in [0.05, 0.1) is 21.7 Å². The number of aromatic amines is 1. The lowest BCUT2D eigenvalue weighted by Crippen LogP contribution is -2.11. The highest BCUT2D eigenvalue weighted by Crippen LogP contribution is 2.34. The van der Waals surface area contributed by atoms with E-state index in [9.17, 15) is 8.42 Å². The van der Waals surface area contributed by atoms with Gasteiger partial charge in [0, 0.05) is 6.07 Å². The normalized spacial score (nSPS) is 11.5. The van der Waals surface area contributed by atoms with Gasteiger partial charge >= 0.3 is 0 Å². The molecule has 0 aliphatic rings. The Hall–Kier alpha value is -2.23. The summed E-state index contributed by atoms with van der Waals surface area (Å²) in [6.07, 6.45) is 1.65. The third-order valence-electron chi connectivity index (χ3n) is 2.98. The van der Waals surface area contributed by atoms with Crippen molar-refractivity contribution in [3.8, 4) is 10.4 Å². The van der Waals surface area contributed by atoms with Gasteiger partial charge in [-0.25, -0.2) is 18.5 Å². The molecule has 22 heavy (non-hydrogen) atoms. The minimum Gasteiger partial charge on any atom is -0.317 e. The number of H-pyrrole nitrogens is 1. The topological polar surface area (TPSA) is 114 Å². The van der Waals surface area contributed by atoms with Crippen LogP contribution in [0.2, 0.25) is 0 Å². The maximum Gasteiger partial charge on any atom is 0.238 e. The fourth-order valence-corrected chi connectivity index (χ4v) is 3.45. The van der Waals surface area contributed by atoms with Crippen LogP contribution in [0.15, 0.2) is 41.4 Å². The lowest BCUT2D eigenvalue weighted by molar-refractivity contribution is 0.598. The highest BCUT2D eigenvalue weighted by Gasteiger charge is 2.12. The number of nitrogens with zero attached hydrogens (tertiary/aromatic N) is 2. The maximum atomic E-state index is 11.3. The van der Waals surface area contributed by atoms with Crippen LogP contribution in [0, 0.1) is 6.92 Å². The van der Waals surface area contributed by atoms with E-state index in [1.165, 1.54) is 23.5 Å². The largest absolute Gasteiger partial charge is 0.317 e. The first-order valence-electron chi connectivity index (χ1n) is 6.30. The van der Waals surface area contributed by atoms with Gasteiger partial charge in [0.15, 0.2) is 5.13 Å². The SMILES string of the molecule is Cc1nc(Nc2ccn[nH]2)sc1-c1ccc(S(N)(=O)=O)cc1. The highest BCUT2D eigenvalue weighted by atomic mass is 32.2. The Morgan fingerprint density at radius 3 is 2.55 bits per heavy atom. The lowest BCUT2D eigenvalue weighted by Gasteiger charge is -2.01. The highest BCUT2D eigenvalue weighted by molar-refractivity contribution is 7.89. The predicted molar refractivity (Wildman–Crippen MR) is 85.5 cm³/mol. The van der Waals surface area contributed by atoms with Crippen molar-refractivity contribution in [2.24, 2.45) is 5.14 Å². The van der Waals surface area contributed by atoms with Crippen molar-refractivity contribution in [1.82, 2.24) is 15.2 Å². The molecule has 7 nitrogen and oxygen atoms in total. The molecular formula is C13H13N5O2S2. The van der Waals surface area contributed by atoms with Crippen LogP contribution in [0.5, 0.6) is 0 Å². The Kier molecular flexibility index (Phi) is 3.69. The van der Waals surface area contributed by atoms with Gasteiger partial charge in [-0.05, 0) is 24.6 Å². The zero-order valence-corrected chi connectivity index (χ0v) is 13.2. The Bertz CT molecular complexity index is 883. The molecule has 0 radical (unpaired) electrons. The van der Waals surface area contributed by atoms with Crippen LogP contribution in [0.1, 0.15) is 5.69 Å². The van der Waals surface area contributed by atoms with E-state index in [0.29, 0.717) is 0 Å². The molecule has 2 aromatic heterocycles. The summed E-state index contributed by atoms with van der Waals surface area (Å²) in [6, 6.07) is 8.23. The monoisotopic (exact) mass is 335 g/mol. The average Bonchev–Trinajstić information content (AvgIpc) is 3.08. The molecule has 3 aromatic rings. The molecule has 0 saturated heterocycles. The molecule has 0 fully saturated rings. The molecule has 0 aliphatic heterocycles. The molecule has 0 saturated carbocycles. The van der Waals surface area contributed by atoms with Crippen LogP contribution >= 0.6 is 11.3 Å². The van der Waals surface area contributed by atoms with Gasteiger partial charge in [0.2, 0.25) is 10.0 Å². The number of nitrogens with two attached hydrogens (primary N) is 1. The van der Waals surface area contributed by atoms with Gasteiger partial charge in [0.25, 0.3) is 0 Å². The third-order valence-corrected chi connectivity index (χ3v) is 5.04. The molecule has 0 spiro atoms. The second kappa shape index (κ2) is 5.52. The third kappa shape index (κ3) is 3.01. The fraction of sp³-hybridized carbons (Fsp3) is 0.0769. The summed E-state index contributed by atoms with van der Waals surface area (Å²) < 4.78 is 22.6. The van der Waals surface area contributed by atoms with Crippen LogP contribution < -0.4 is 10.5 Å². The number of sulfonamides is 1. The van der Waals surface area contributed by atoms with Gasteiger partial charge in [-0.3, -0.25) is 5.10 Å². The predicted octanol–water partition coefficient (Wildman–Crippen LogP) is 2.23. The summed E-state index contributed by atoms with van der Waals surface area (Å²) in [5.41, 5.74) is 1.75. The molecule has 0 amide bonds. The molecule has 0 aliphatic carbocycles. The number of hydrogen-bond acceptors (Lipinski definition) is 6. The molecule has 1 aromatic carbocycles. The summed E-state index contributed by atoms with van der Waals surface area (Å²) in [4.78, 5) is 5.50. The van der Waals surface area contributed by atoms with Crippen LogP contribution in [0.4, 0.5) is 10.9 Å². The van der Waals surface area contributed by atoms with E-state index in [1.807, 2.05) is 6.92 Å². The van der Waals surface area contributed by atoms with Crippen molar-refractivity contribution >= 4 is 32.3 Å². The first kappa shape index (κ1) is 14.7. The molecule has 0 atom stereocenters. The van der Waals surface area contributed by atoms with Gasteiger partial charge in [-0.2, -0.15) is 5.10 Å². The van der Waals surface area contributed by atoms with Crippen molar-refractivity contribution in [3.63, 3.8) is 0 Å². The number of benzene rings is 1. The summed E-state index contributed by atoms with van der Waals surface area (Å²) in [7, 11) is -3.68. The van der Waals surface area contributed by atoms with Crippen molar-refractivity contribution in [3.05, 3.63) is 42.2 Å². The van der Waals surface area contributed by atoms with E-state index in [0.717, 1.165) is 27.1 Å². The number of hydrogen-bond donors (Lipinski definition) is 3. The molecule has 114 valence electrons. The van der Waals surface area contributed by atoms with Gasteiger partial charge in [0.1, 0.15) is 5.82 Å². The molecule has 2 heterocycles. The van der Waals surface area contributed by atoms with Gasteiger partial charge in [-0.1, -0.05) is 23.5 Å². The quantitative estimate of drug-likeness (QED) is 0.676. The Morgan fingerprint density at radius 2 is 1.95 bits per heavy atom. The average molecular weight is 335 g/mol. The Morgan fingerprint density at radius 1 is 1.23 bits per heavy atom. The second-order valence-corrected chi connectivity index (χ2v) is 7.16.